The van der Waals surface area contributed by atoms with Crippen molar-refractivity contribution < 1.29 is 14.4 Å². The average molecular weight is 285 g/mol. The van der Waals surface area contributed by atoms with Gasteiger partial charge in [-0.15, -0.1) is 0 Å². The predicted molar refractivity (Wildman–Crippen MR) is 77.6 cm³/mol. The van der Waals surface area contributed by atoms with Gasteiger partial charge < -0.3 is 16.4 Å². The molecule has 0 spiro atoms. The van der Waals surface area contributed by atoms with E-state index in [1.165, 1.54) is 6.92 Å². The highest BCUT2D eigenvalue weighted by molar-refractivity contribution is 5.91. The minimum Gasteiger partial charge on any atom is -0.368 e. The van der Waals surface area contributed by atoms with E-state index in [0.29, 0.717) is 6.42 Å². The summed E-state index contributed by atoms with van der Waals surface area (Å²) in [4.78, 5) is 34.8. The second-order valence-electron chi connectivity index (χ2n) is 5.66. The molecule has 0 aliphatic heterocycles. The largest absolute Gasteiger partial charge is 0.368 e. The zero-order valence-corrected chi connectivity index (χ0v) is 13.0. The molecule has 0 saturated heterocycles. The van der Waals surface area contributed by atoms with Crippen LogP contribution in [0.5, 0.6) is 0 Å². The third kappa shape index (κ3) is 6.54. The molecule has 6 nitrogen and oxygen atoms in total. The molecular weight excluding hydrogens is 258 g/mol. The topological polar surface area (TPSA) is 101 Å². The van der Waals surface area contributed by atoms with Crippen LogP contribution in [0, 0.1) is 11.8 Å². The number of carbonyl (C=O) groups is 3. The summed E-state index contributed by atoms with van der Waals surface area (Å²) in [6.45, 7) is 9.06. The van der Waals surface area contributed by atoms with Crippen molar-refractivity contribution in [1.29, 1.82) is 0 Å². The van der Waals surface area contributed by atoms with Crippen molar-refractivity contribution in [2.45, 2.75) is 59.5 Å². The maximum Gasteiger partial charge on any atom is 0.243 e. The highest BCUT2D eigenvalue weighted by Crippen LogP contribution is 2.10. The molecule has 0 aromatic heterocycles. The lowest BCUT2D eigenvalue weighted by atomic mass is 9.97. The standard InChI is InChI=1S/C14H27N3O3/c1-6-9(4)12(13(15)19)17-14(20)11(7-8(2)3)16-10(5)18/h8-9,11-12H,6-7H2,1-5H3,(H2,15,19)(H,16,18)(H,17,20)/t9-,11+,12+/m1/s1. The monoisotopic (exact) mass is 285 g/mol. The molecule has 0 rings (SSSR count). The second-order valence-corrected chi connectivity index (χ2v) is 5.66. The first-order chi connectivity index (χ1) is 9.18. The van der Waals surface area contributed by atoms with Gasteiger partial charge in [0.1, 0.15) is 12.1 Å². The van der Waals surface area contributed by atoms with E-state index in [1.807, 2.05) is 27.7 Å². The smallest absolute Gasteiger partial charge is 0.243 e. The van der Waals surface area contributed by atoms with E-state index in [0.717, 1.165) is 6.42 Å². The molecule has 0 aliphatic carbocycles. The molecule has 20 heavy (non-hydrogen) atoms. The lowest BCUT2D eigenvalue weighted by Crippen LogP contribution is -2.55. The van der Waals surface area contributed by atoms with Crippen molar-refractivity contribution in [2.24, 2.45) is 17.6 Å². The Hall–Kier alpha value is -1.59. The molecule has 0 radical (unpaired) electrons. The van der Waals surface area contributed by atoms with E-state index >= 15 is 0 Å². The Balaban J connectivity index is 4.86. The molecule has 3 atom stereocenters. The lowest BCUT2D eigenvalue weighted by Gasteiger charge is -2.25. The summed E-state index contributed by atoms with van der Waals surface area (Å²) in [6.07, 6.45) is 1.24. The van der Waals surface area contributed by atoms with Crippen LogP contribution in [0.25, 0.3) is 0 Å². The third-order valence-electron chi connectivity index (χ3n) is 3.22. The van der Waals surface area contributed by atoms with Crippen LogP contribution >= 0.6 is 0 Å². The minimum absolute atomic E-state index is 0.0477. The third-order valence-corrected chi connectivity index (χ3v) is 3.22. The van der Waals surface area contributed by atoms with Gasteiger partial charge in [0, 0.05) is 6.92 Å². The Labute approximate surface area is 120 Å². The SMILES string of the molecule is CC[C@@H](C)[C@H](NC(=O)[C@H](CC(C)C)NC(C)=O)C(N)=O. The molecule has 0 unspecified atom stereocenters. The minimum atomic E-state index is -0.712. The normalized spacial score (nSPS) is 15.3. The highest BCUT2D eigenvalue weighted by atomic mass is 16.2. The van der Waals surface area contributed by atoms with Gasteiger partial charge in [-0.25, -0.2) is 0 Å². The van der Waals surface area contributed by atoms with E-state index in [-0.39, 0.29) is 23.7 Å². The Morgan fingerprint density at radius 1 is 1.10 bits per heavy atom. The number of nitrogens with two attached hydrogens (primary N) is 1. The zero-order chi connectivity index (χ0) is 15.9. The Morgan fingerprint density at radius 3 is 2.00 bits per heavy atom. The molecular formula is C14H27N3O3. The van der Waals surface area contributed by atoms with Crippen LogP contribution < -0.4 is 16.4 Å². The van der Waals surface area contributed by atoms with E-state index in [9.17, 15) is 14.4 Å². The molecule has 0 saturated carbocycles. The van der Waals surface area contributed by atoms with Gasteiger partial charge >= 0.3 is 0 Å². The first-order valence-corrected chi connectivity index (χ1v) is 7.05. The first kappa shape index (κ1) is 18.4. The number of hydrogen-bond donors (Lipinski definition) is 3. The Bertz CT molecular complexity index is 356. The van der Waals surface area contributed by atoms with E-state index in [4.69, 9.17) is 5.73 Å². The molecule has 3 amide bonds. The van der Waals surface area contributed by atoms with Crippen LogP contribution in [0.4, 0.5) is 0 Å². The molecule has 0 bridgehead atoms. The van der Waals surface area contributed by atoms with Gasteiger partial charge in [0.05, 0.1) is 0 Å². The van der Waals surface area contributed by atoms with E-state index in [2.05, 4.69) is 10.6 Å². The van der Waals surface area contributed by atoms with Gasteiger partial charge in [-0.2, -0.15) is 0 Å². The van der Waals surface area contributed by atoms with Crippen molar-refractivity contribution in [2.75, 3.05) is 0 Å². The van der Waals surface area contributed by atoms with Crippen LogP contribution in [0.1, 0.15) is 47.5 Å². The van der Waals surface area contributed by atoms with Crippen LogP contribution in [-0.2, 0) is 14.4 Å². The van der Waals surface area contributed by atoms with Crippen LogP contribution in [0.15, 0.2) is 0 Å². The van der Waals surface area contributed by atoms with Gasteiger partial charge in [0.2, 0.25) is 17.7 Å². The quantitative estimate of drug-likeness (QED) is 0.607. The molecule has 0 aromatic carbocycles. The molecule has 6 heteroatoms. The number of amides is 3. The highest BCUT2D eigenvalue weighted by Gasteiger charge is 2.28. The summed E-state index contributed by atoms with van der Waals surface area (Å²) in [6, 6.07) is -1.35. The fraction of sp³-hybridized carbons (Fsp3) is 0.786. The van der Waals surface area contributed by atoms with Gasteiger partial charge in [0.15, 0.2) is 0 Å². The van der Waals surface area contributed by atoms with Gasteiger partial charge in [-0.1, -0.05) is 34.1 Å². The molecule has 0 aliphatic rings. The number of carbonyl (C=O) groups excluding carboxylic acids is 3. The molecule has 0 fully saturated rings. The summed E-state index contributed by atoms with van der Waals surface area (Å²) in [5, 5.41) is 5.26. The van der Waals surface area contributed by atoms with Crippen molar-refractivity contribution in [1.82, 2.24) is 10.6 Å². The van der Waals surface area contributed by atoms with Crippen molar-refractivity contribution >= 4 is 17.7 Å². The average Bonchev–Trinajstić information content (AvgIpc) is 2.32. The first-order valence-electron chi connectivity index (χ1n) is 7.05. The number of primary amides is 1. The van der Waals surface area contributed by atoms with Crippen molar-refractivity contribution in [3.05, 3.63) is 0 Å². The maximum atomic E-state index is 12.2. The summed E-state index contributed by atoms with van der Waals surface area (Å²) < 4.78 is 0. The fourth-order valence-corrected chi connectivity index (χ4v) is 1.93. The van der Waals surface area contributed by atoms with Crippen LogP contribution in [0.3, 0.4) is 0 Å². The molecule has 4 N–H and O–H groups in total. The molecule has 0 heterocycles. The van der Waals surface area contributed by atoms with E-state index < -0.39 is 18.0 Å². The Morgan fingerprint density at radius 2 is 1.65 bits per heavy atom. The van der Waals surface area contributed by atoms with Crippen molar-refractivity contribution in [3.8, 4) is 0 Å². The van der Waals surface area contributed by atoms with E-state index in [1.54, 1.807) is 0 Å². The summed E-state index contributed by atoms with van der Waals surface area (Å²) >= 11 is 0. The Kier molecular flexibility index (Phi) is 7.87. The zero-order valence-electron chi connectivity index (χ0n) is 13.0. The fourth-order valence-electron chi connectivity index (χ4n) is 1.93. The summed E-state index contributed by atoms with van der Waals surface area (Å²) in [5.41, 5.74) is 5.32. The molecule has 0 aromatic rings. The van der Waals surface area contributed by atoms with Gasteiger partial charge in [-0.05, 0) is 18.3 Å². The van der Waals surface area contributed by atoms with Crippen LogP contribution in [0.2, 0.25) is 0 Å². The number of hydrogen-bond acceptors (Lipinski definition) is 3. The van der Waals surface area contributed by atoms with Crippen molar-refractivity contribution in [3.63, 3.8) is 0 Å². The van der Waals surface area contributed by atoms with Crippen LogP contribution in [-0.4, -0.2) is 29.8 Å². The maximum absolute atomic E-state index is 12.2. The van der Waals surface area contributed by atoms with Gasteiger partial charge in [0.25, 0.3) is 0 Å². The lowest BCUT2D eigenvalue weighted by molar-refractivity contribution is -0.131. The predicted octanol–water partition coefficient (Wildman–Crippen LogP) is 0.553. The summed E-state index contributed by atoms with van der Waals surface area (Å²) in [7, 11) is 0. The molecule has 116 valence electrons. The van der Waals surface area contributed by atoms with Gasteiger partial charge in [-0.3, -0.25) is 14.4 Å². The second kappa shape index (κ2) is 8.55. The summed E-state index contributed by atoms with van der Waals surface area (Å²) in [5.74, 6) is -0.997. The number of rotatable bonds is 8. The number of nitrogens with one attached hydrogen (secondary N) is 2.